The van der Waals surface area contributed by atoms with E-state index >= 15 is 0 Å². The van der Waals surface area contributed by atoms with Crippen LogP contribution in [0.5, 0.6) is 0 Å². The summed E-state index contributed by atoms with van der Waals surface area (Å²) in [4.78, 5) is 22.2. The summed E-state index contributed by atoms with van der Waals surface area (Å²) in [6.07, 6.45) is 7.37. The Morgan fingerprint density at radius 2 is 1.79 bits per heavy atom. The van der Waals surface area contributed by atoms with E-state index in [2.05, 4.69) is 0 Å². The molecule has 0 radical (unpaired) electrons. The molecule has 0 saturated carbocycles. The largest absolute Gasteiger partial charge is 0.457 e. The quantitative estimate of drug-likeness (QED) is 0.469. The molecule has 1 aromatic rings. The van der Waals surface area contributed by atoms with Crippen LogP contribution in [0.3, 0.4) is 0 Å². The summed E-state index contributed by atoms with van der Waals surface area (Å²) >= 11 is 0. The molecule has 0 fully saturated rings. The molecule has 4 heteroatoms. The summed E-state index contributed by atoms with van der Waals surface area (Å²) < 4.78 is 5.16. The van der Waals surface area contributed by atoms with Crippen LogP contribution in [0, 0.1) is 5.92 Å². The Kier molecular flexibility index (Phi) is 7.59. The number of hydrogen-bond acceptors (Lipinski definition) is 4. The van der Waals surface area contributed by atoms with E-state index < -0.39 is 17.7 Å². The third-order valence-electron chi connectivity index (χ3n) is 3.31. The van der Waals surface area contributed by atoms with Gasteiger partial charge < -0.3 is 9.84 Å². The Bertz CT molecular complexity index is 591. The molecule has 2 atom stereocenters. The number of ether oxygens (including phenoxy) is 1. The molecule has 0 aromatic heterocycles. The first-order chi connectivity index (χ1) is 11.2. The Hall–Kier alpha value is -2.20. The lowest BCUT2D eigenvalue weighted by molar-refractivity contribution is -0.148. The maximum absolute atomic E-state index is 11.5. The molecule has 1 rings (SSSR count). The Morgan fingerprint density at radius 1 is 1.21 bits per heavy atom. The first kappa shape index (κ1) is 19.8. The van der Waals surface area contributed by atoms with Gasteiger partial charge in [0, 0.05) is 17.6 Å². The van der Waals surface area contributed by atoms with Crippen LogP contribution in [0.15, 0.2) is 42.5 Å². The molecular formula is C20H26O4. The highest BCUT2D eigenvalue weighted by atomic mass is 16.6. The highest BCUT2D eigenvalue weighted by molar-refractivity contribution is 5.82. The van der Waals surface area contributed by atoms with E-state index in [1.165, 1.54) is 6.08 Å². The van der Waals surface area contributed by atoms with Crippen LogP contribution < -0.4 is 0 Å². The summed E-state index contributed by atoms with van der Waals surface area (Å²) in [6.45, 7) is 7.33. The fourth-order valence-corrected chi connectivity index (χ4v) is 1.93. The third kappa shape index (κ3) is 7.88. The molecule has 130 valence electrons. The monoisotopic (exact) mass is 330 g/mol. The van der Waals surface area contributed by atoms with Gasteiger partial charge in [-0.1, -0.05) is 49.4 Å². The number of carbonyl (C=O) groups excluding carboxylic acids is 2. The van der Waals surface area contributed by atoms with Crippen LogP contribution in [-0.2, 0) is 9.53 Å². The third-order valence-corrected chi connectivity index (χ3v) is 3.31. The van der Waals surface area contributed by atoms with Crippen LogP contribution in [-0.4, -0.2) is 29.1 Å². The number of benzene rings is 1. The minimum atomic E-state index is -0.589. The van der Waals surface area contributed by atoms with Crippen molar-refractivity contribution in [3.63, 3.8) is 0 Å². The van der Waals surface area contributed by atoms with Gasteiger partial charge in [-0.05, 0) is 32.8 Å². The number of aliphatic hydroxyl groups is 1. The smallest absolute Gasteiger partial charge is 0.330 e. The van der Waals surface area contributed by atoms with Crippen LogP contribution in [0.1, 0.15) is 50.0 Å². The van der Waals surface area contributed by atoms with Crippen LogP contribution >= 0.6 is 0 Å². The predicted molar refractivity (Wildman–Crippen MR) is 95.6 cm³/mol. The molecule has 0 amide bonds. The molecule has 24 heavy (non-hydrogen) atoms. The maximum atomic E-state index is 11.5. The summed E-state index contributed by atoms with van der Waals surface area (Å²) in [5.74, 6) is -0.479. The molecule has 1 N–H and O–H groups in total. The second kappa shape index (κ2) is 9.18. The number of rotatable bonds is 7. The summed E-state index contributed by atoms with van der Waals surface area (Å²) in [5, 5.41) is 10.1. The van der Waals surface area contributed by atoms with Gasteiger partial charge in [-0.3, -0.25) is 4.79 Å². The van der Waals surface area contributed by atoms with E-state index in [-0.39, 0.29) is 5.92 Å². The molecule has 1 aromatic carbocycles. The van der Waals surface area contributed by atoms with E-state index in [0.717, 1.165) is 11.8 Å². The Morgan fingerprint density at radius 3 is 2.33 bits per heavy atom. The average Bonchev–Trinajstić information content (AvgIpc) is 2.51. The van der Waals surface area contributed by atoms with Crippen molar-refractivity contribution < 1.29 is 19.4 Å². The van der Waals surface area contributed by atoms with E-state index in [1.807, 2.05) is 52.0 Å². The van der Waals surface area contributed by atoms with Crippen LogP contribution in [0.2, 0.25) is 0 Å². The van der Waals surface area contributed by atoms with Gasteiger partial charge in [0.1, 0.15) is 11.9 Å². The number of hydrogen-bond donors (Lipinski definition) is 1. The van der Waals surface area contributed by atoms with E-state index in [1.54, 1.807) is 18.2 Å². The minimum absolute atomic E-state index is 0.0703. The number of carbonyl (C=O) groups is 2. The Labute approximate surface area is 143 Å². The second-order valence-electron chi connectivity index (χ2n) is 6.74. The van der Waals surface area contributed by atoms with Crippen LogP contribution in [0.4, 0.5) is 0 Å². The molecule has 0 aliphatic rings. The zero-order valence-corrected chi connectivity index (χ0v) is 14.7. The van der Waals surface area contributed by atoms with Gasteiger partial charge in [-0.15, -0.1) is 0 Å². The fraction of sp³-hybridized carbons (Fsp3) is 0.400. The molecule has 4 nitrogen and oxygen atoms in total. The molecule has 0 spiro atoms. The molecule has 0 heterocycles. The highest BCUT2D eigenvalue weighted by Gasteiger charge is 2.14. The molecule has 0 aliphatic carbocycles. The topological polar surface area (TPSA) is 63.6 Å². The van der Waals surface area contributed by atoms with E-state index in [0.29, 0.717) is 12.0 Å². The van der Waals surface area contributed by atoms with Gasteiger partial charge >= 0.3 is 5.97 Å². The zero-order chi connectivity index (χ0) is 18.2. The molecule has 0 saturated heterocycles. The van der Waals surface area contributed by atoms with Gasteiger partial charge in [0.25, 0.3) is 0 Å². The van der Waals surface area contributed by atoms with E-state index in [9.17, 15) is 14.7 Å². The normalized spacial score (nSPS) is 14.7. The lowest BCUT2D eigenvalue weighted by Gasteiger charge is -2.18. The summed E-state index contributed by atoms with van der Waals surface area (Å²) in [7, 11) is 0. The van der Waals surface area contributed by atoms with Crippen molar-refractivity contribution in [3.8, 4) is 0 Å². The fourth-order valence-electron chi connectivity index (χ4n) is 1.93. The van der Waals surface area contributed by atoms with E-state index in [4.69, 9.17) is 4.74 Å². The average molecular weight is 330 g/mol. The van der Waals surface area contributed by atoms with Gasteiger partial charge in [0.05, 0.1) is 6.10 Å². The maximum Gasteiger partial charge on any atom is 0.330 e. The standard InChI is InChI=1S/C20H26O4/c1-15(8-9-16-10-12-17(14-21)13-11-16)18(22)6-5-7-19(23)24-20(2,3)4/h5,7-15,18,22H,6H2,1-4H3/b7-5+,9-8+/t15-,18+/m1/s1. The highest BCUT2D eigenvalue weighted by Crippen LogP contribution is 2.13. The van der Waals surface area contributed by atoms with Crippen molar-refractivity contribution in [2.45, 2.75) is 45.8 Å². The molecule has 0 bridgehead atoms. The van der Waals surface area contributed by atoms with Crippen molar-refractivity contribution >= 4 is 18.3 Å². The van der Waals surface area contributed by atoms with Crippen molar-refractivity contribution in [2.75, 3.05) is 0 Å². The lowest BCUT2D eigenvalue weighted by atomic mass is 10.00. The van der Waals surface area contributed by atoms with Crippen LogP contribution in [0.25, 0.3) is 6.08 Å². The number of aldehydes is 1. The van der Waals surface area contributed by atoms with Gasteiger partial charge in [-0.25, -0.2) is 4.79 Å². The van der Waals surface area contributed by atoms with Crippen molar-refractivity contribution in [3.05, 3.63) is 53.6 Å². The zero-order valence-electron chi connectivity index (χ0n) is 14.7. The number of aliphatic hydroxyl groups excluding tert-OH is 1. The van der Waals surface area contributed by atoms with Gasteiger partial charge in [0.2, 0.25) is 0 Å². The summed E-state index contributed by atoms with van der Waals surface area (Å²) in [5.41, 5.74) is 1.08. The molecule has 0 aliphatic heterocycles. The first-order valence-corrected chi connectivity index (χ1v) is 8.02. The second-order valence-corrected chi connectivity index (χ2v) is 6.74. The minimum Gasteiger partial charge on any atom is -0.457 e. The van der Waals surface area contributed by atoms with Gasteiger partial charge in [0.15, 0.2) is 0 Å². The Balaban J connectivity index is 2.48. The van der Waals surface area contributed by atoms with Gasteiger partial charge in [-0.2, -0.15) is 0 Å². The van der Waals surface area contributed by atoms with Crippen molar-refractivity contribution in [2.24, 2.45) is 5.92 Å². The predicted octanol–water partition coefficient (Wildman–Crippen LogP) is 3.80. The lowest BCUT2D eigenvalue weighted by Crippen LogP contribution is -2.22. The molecular weight excluding hydrogens is 304 g/mol. The first-order valence-electron chi connectivity index (χ1n) is 8.02. The SMILES string of the molecule is C[C@H](/C=C/c1ccc(C=O)cc1)[C@@H](O)C/C=C/C(=O)OC(C)(C)C. The molecule has 0 unspecified atom stereocenters. The number of esters is 1. The summed E-state index contributed by atoms with van der Waals surface area (Å²) in [6, 6.07) is 7.19. The van der Waals surface area contributed by atoms with Crippen molar-refractivity contribution in [1.29, 1.82) is 0 Å². The van der Waals surface area contributed by atoms with Crippen molar-refractivity contribution in [1.82, 2.24) is 0 Å².